The Morgan fingerprint density at radius 3 is 2.68 bits per heavy atom. The molecule has 0 aliphatic rings. The molecule has 2 N–H and O–H groups in total. The van der Waals surface area contributed by atoms with E-state index in [1.807, 2.05) is 37.3 Å². The van der Waals surface area contributed by atoms with Gasteiger partial charge in [-0.2, -0.15) is 4.98 Å². The lowest BCUT2D eigenvalue weighted by Crippen LogP contribution is -1.97. The molecule has 0 unspecified atom stereocenters. The normalized spacial score (nSPS) is 10.6. The number of pyridine rings is 1. The van der Waals surface area contributed by atoms with Crippen LogP contribution in [0.1, 0.15) is 5.69 Å². The van der Waals surface area contributed by atoms with Gasteiger partial charge in [-0.1, -0.05) is 18.2 Å². The van der Waals surface area contributed by atoms with Crippen LogP contribution in [0.25, 0.3) is 11.2 Å². The number of ether oxygens (including phenoxy) is 1. The first-order chi connectivity index (χ1) is 9.22. The fourth-order valence-corrected chi connectivity index (χ4v) is 1.69. The Kier molecular flexibility index (Phi) is 2.72. The maximum Gasteiger partial charge on any atom is 0.239 e. The Morgan fingerprint density at radius 1 is 1.11 bits per heavy atom. The van der Waals surface area contributed by atoms with E-state index in [1.54, 1.807) is 12.3 Å². The van der Waals surface area contributed by atoms with Gasteiger partial charge in [-0.3, -0.25) is 0 Å². The minimum absolute atomic E-state index is 0.412. The summed E-state index contributed by atoms with van der Waals surface area (Å²) in [6.07, 6.45) is 1.56. The number of nitrogens with zero attached hydrogens (tertiary/aromatic N) is 3. The summed E-state index contributed by atoms with van der Waals surface area (Å²) < 4.78 is 5.61. The summed E-state index contributed by atoms with van der Waals surface area (Å²) in [7, 11) is 0. The highest BCUT2D eigenvalue weighted by atomic mass is 16.5. The Hall–Kier alpha value is -2.69. The second kappa shape index (κ2) is 4.53. The lowest BCUT2D eigenvalue weighted by molar-refractivity contribution is 0.462. The van der Waals surface area contributed by atoms with E-state index in [0.717, 1.165) is 5.69 Å². The lowest BCUT2D eigenvalue weighted by atomic mass is 10.3. The smallest absolute Gasteiger partial charge is 0.239 e. The number of aryl methyl sites for hydroxylation is 1. The molecule has 0 aliphatic carbocycles. The molecule has 0 aliphatic heterocycles. The van der Waals surface area contributed by atoms with Crippen molar-refractivity contribution in [3.8, 4) is 11.6 Å². The van der Waals surface area contributed by atoms with Crippen molar-refractivity contribution < 1.29 is 4.74 Å². The van der Waals surface area contributed by atoms with Crippen molar-refractivity contribution in [1.82, 2.24) is 15.0 Å². The molecule has 0 bridgehead atoms. The molecular formula is C14H12N4O. The van der Waals surface area contributed by atoms with Gasteiger partial charge in [0.05, 0.1) is 17.6 Å². The zero-order valence-corrected chi connectivity index (χ0v) is 10.4. The van der Waals surface area contributed by atoms with E-state index in [4.69, 9.17) is 10.5 Å². The Morgan fingerprint density at radius 2 is 1.89 bits per heavy atom. The summed E-state index contributed by atoms with van der Waals surface area (Å²) in [6, 6.07) is 11.2. The van der Waals surface area contributed by atoms with Crippen LogP contribution in [0, 0.1) is 6.92 Å². The zero-order chi connectivity index (χ0) is 13.2. The minimum Gasteiger partial charge on any atom is -0.437 e. The van der Waals surface area contributed by atoms with Gasteiger partial charge in [0.2, 0.25) is 5.88 Å². The van der Waals surface area contributed by atoms with Crippen molar-refractivity contribution in [2.45, 2.75) is 6.92 Å². The van der Waals surface area contributed by atoms with E-state index < -0.39 is 0 Å². The predicted molar refractivity (Wildman–Crippen MR) is 73.0 cm³/mol. The van der Waals surface area contributed by atoms with Crippen LogP contribution in [0.3, 0.4) is 0 Å². The lowest BCUT2D eigenvalue weighted by Gasteiger charge is -2.06. The number of nitrogen functional groups attached to an aromatic ring is 1. The first-order valence-corrected chi connectivity index (χ1v) is 5.85. The fraction of sp³-hybridized carbons (Fsp3) is 0.0714. The number of hydrogen-bond acceptors (Lipinski definition) is 5. The van der Waals surface area contributed by atoms with Gasteiger partial charge < -0.3 is 10.5 Å². The molecule has 2 heterocycles. The third-order valence-corrected chi connectivity index (χ3v) is 2.71. The predicted octanol–water partition coefficient (Wildman–Crippen LogP) is 2.71. The molecule has 0 atom stereocenters. The van der Waals surface area contributed by atoms with Crippen molar-refractivity contribution in [2.75, 3.05) is 5.73 Å². The average Bonchev–Trinajstić information content (AvgIpc) is 2.42. The van der Waals surface area contributed by atoms with Crippen molar-refractivity contribution in [3.63, 3.8) is 0 Å². The van der Waals surface area contributed by atoms with Crippen LogP contribution in [0.5, 0.6) is 11.6 Å². The standard InChI is InChI=1S/C14H12N4O/c1-9-11(15)7-12-14(17-9)18-13(8-16-12)19-10-5-3-2-4-6-10/h2-8H,15H2,1H3. The molecule has 3 rings (SSSR count). The molecule has 19 heavy (non-hydrogen) atoms. The largest absolute Gasteiger partial charge is 0.437 e. The molecule has 5 nitrogen and oxygen atoms in total. The van der Waals surface area contributed by atoms with E-state index in [-0.39, 0.29) is 0 Å². The highest BCUT2D eigenvalue weighted by Gasteiger charge is 2.05. The summed E-state index contributed by atoms with van der Waals surface area (Å²) in [4.78, 5) is 12.9. The molecule has 0 spiro atoms. The maximum absolute atomic E-state index is 5.79. The summed E-state index contributed by atoms with van der Waals surface area (Å²) in [5.74, 6) is 1.12. The van der Waals surface area contributed by atoms with Gasteiger partial charge in [0.1, 0.15) is 11.3 Å². The first-order valence-electron chi connectivity index (χ1n) is 5.85. The van der Waals surface area contributed by atoms with Crippen molar-refractivity contribution in [1.29, 1.82) is 0 Å². The maximum atomic E-state index is 5.79. The second-order valence-electron chi connectivity index (χ2n) is 4.13. The zero-order valence-electron chi connectivity index (χ0n) is 10.4. The molecule has 0 radical (unpaired) electrons. The monoisotopic (exact) mass is 252 g/mol. The van der Waals surface area contributed by atoms with Crippen molar-refractivity contribution in [2.24, 2.45) is 0 Å². The van der Waals surface area contributed by atoms with E-state index in [1.165, 1.54) is 0 Å². The van der Waals surface area contributed by atoms with Crippen molar-refractivity contribution in [3.05, 3.63) is 48.3 Å². The van der Waals surface area contributed by atoms with Gasteiger partial charge >= 0.3 is 0 Å². The molecule has 1 aromatic carbocycles. The van der Waals surface area contributed by atoms with Crippen LogP contribution in [-0.4, -0.2) is 15.0 Å². The minimum atomic E-state index is 0.412. The fourth-order valence-electron chi connectivity index (χ4n) is 1.69. The van der Waals surface area contributed by atoms with Crippen LogP contribution in [0.2, 0.25) is 0 Å². The topological polar surface area (TPSA) is 73.9 Å². The molecule has 94 valence electrons. The molecule has 0 saturated heterocycles. The van der Waals surface area contributed by atoms with Gasteiger partial charge in [-0.05, 0) is 25.1 Å². The number of para-hydroxylation sites is 1. The number of nitrogens with two attached hydrogens (primary N) is 1. The van der Waals surface area contributed by atoms with E-state index in [0.29, 0.717) is 28.5 Å². The molecule has 0 saturated carbocycles. The summed E-state index contributed by atoms with van der Waals surface area (Å²) in [5.41, 5.74) is 8.31. The highest BCUT2D eigenvalue weighted by Crippen LogP contribution is 2.21. The van der Waals surface area contributed by atoms with Crippen LogP contribution >= 0.6 is 0 Å². The molecule has 0 amide bonds. The number of benzene rings is 1. The molecule has 0 fully saturated rings. The van der Waals surface area contributed by atoms with Gasteiger partial charge in [0, 0.05) is 0 Å². The number of aromatic nitrogens is 3. The Balaban J connectivity index is 2.00. The molecule has 5 heteroatoms. The number of anilines is 1. The van der Waals surface area contributed by atoms with Gasteiger partial charge in [0.15, 0.2) is 5.65 Å². The van der Waals surface area contributed by atoms with Crippen LogP contribution in [-0.2, 0) is 0 Å². The number of hydrogen-bond donors (Lipinski definition) is 1. The molecule has 3 aromatic rings. The van der Waals surface area contributed by atoms with E-state index in [9.17, 15) is 0 Å². The molecular weight excluding hydrogens is 240 g/mol. The van der Waals surface area contributed by atoms with Crippen LogP contribution in [0.4, 0.5) is 5.69 Å². The van der Waals surface area contributed by atoms with Gasteiger partial charge in [-0.15, -0.1) is 0 Å². The number of fused-ring (bicyclic) bond motifs is 1. The highest BCUT2D eigenvalue weighted by molar-refractivity contribution is 5.74. The Labute approximate surface area is 110 Å². The SMILES string of the molecule is Cc1nc2nc(Oc3ccccc3)cnc2cc1N. The second-order valence-corrected chi connectivity index (χ2v) is 4.13. The summed E-state index contributed by atoms with van der Waals surface area (Å²) in [5, 5.41) is 0. The van der Waals surface area contributed by atoms with Gasteiger partial charge in [-0.25, -0.2) is 9.97 Å². The van der Waals surface area contributed by atoms with E-state index >= 15 is 0 Å². The summed E-state index contributed by atoms with van der Waals surface area (Å²) >= 11 is 0. The first kappa shape index (κ1) is 11.4. The Bertz CT molecular complexity index is 728. The molecule has 2 aromatic heterocycles. The van der Waals surface area contributed by atoms with E-state index in [2.05, 4.69) is 15.0 Å². The summed E-state index contributed by atoms with van der Waals surface area (Å²) in [6.45, 7) is 1.83. The average molecular weight is 252 g/mol. The third-order valence-electron chi connectivity index (χ3n) is 2.71. The number of rotatable bonds is 2. The quantitative estimate of drug-likeness (QED) is 0.759. The van der Waals surface area contributed by atoms with Gasteiger partial charge in [0.25, 0.3) is 0 Å². The van der Waals surface area contributed by atoms with Crippen LogP contribution < -0.4 is 10.5 Å². The van der Waals surface area contributed by atoms with Crippen molar-refractivity contribution >= 4 is 16.9 Å². The third kappa shape index (κ3) is 2.30. The van der Waals surface area contributed by atoms with Crippen LogP contribution in [0.15, 0.2) is 42.6 Å².